The zero-order chi connectivity index (χ0) is 22.0. The molecule has 0 atom stereocenters. The molecule has 10 heteroatoms. The van der Waals surface area contributed by atoms with Crippen LogP contribution in [0.4, 0.5) is 28.9 Å². The van der Waals surface area contributed by atoms with E-state index in [1.54, 1.807) is 0 Å². The molecule has 0 aliphatic carbocycles. The lowest BCUT2D eigenvalue weighted by Crippen LogP contribution is -2.49. The van der Waals surface area contributed by atoms with E-state index >= 15 is 0 Å². The second-order valence-corrected chi connectivity index (χ2v) is 11.0. The van der Waals surface area contributed by atoms with Gasteiger partial charge in [-0.15, -0.1) is 0 Å². The van der Waals surface area contributed by atoms with Gasteiger partial charge in [-0.3, -0.25) is 8.88 Å². The number of hydrogen-bond acceptors (Lipinski definition) is 4. The summed E-state index contributed by atoms with van der Waals surface area (Å²) in [5.41, 5.74) is 0.595. The van der Waals surface area contributed by atoms with Gasteiger partial charge in [0.15, 0.2) is 16.7 Å². The lowest BCUT2D eigenvalue weighted by molar-refractivity contribution is 0.484. The molecule has 1 aliphatic heterocycles. The minimum absolute atomic E-state index is 0.297. The molecule has 1 saturated heterocycles. The van der Waals surface area contributed by atoms with Crippen LogP contribution in [0.25, 0.3) is 0 Å². The van der Waals surface area contributed by atoms with Crippen LogP contribution in [0.15, 0.2) is 36.4 Å². The minimum Gasteiger partial charge on any atom is -0.266 e. The summed E-state index contributed by atoms with van der Waals surface area (Å²) >= 11 is 0. The maximum Gasteiger partial charge on any atom is 0.190 e. The first kappa shape index (κ1) is 23.2. The Morgan fingerprint density at radius 3 is 1.23 bits per heavy atom. The van der Waals surface area contributed by atoms with Gasteiger partial charge in [-0.2, -0.15) is 0 Å². The number of rotatable bonds is 8. The molecule has 0 spiro atoms. The van der Waals surface area contributed by atoms with Gasteiger partial charge < -0.3 is 0 Å². The van der Waals surface area contributed by atoms with Crippen molar-refractivity contribution in [1.29, 1.82) is 0 Å². The molecule has 30 heavy (non-hydrogen) atoms. The van der Waals surface area contributed by atoms with E-state index in [4.69, 9.17) is 0 Å². The van der Waals surface area contributed by atoms with Crippen LogP contribution in [-0.2, 0) is 0 Å². The maximum atomic E-state index is 14.8. The molecule has 1 heterocycles. The molecule has 0 unspecified atom stereocenters. The Kier molecular flexibility index (Phi) is 7.56. The normalized spacial score (nSPS) is 19.0. The van der Waals surface area contributed by atoms with Crippen LogP contribution < -0.4 is 8.88 Å². The Bertz CT molecular complexity index is 800. The fourth-order valence-corrected chi connectivity index (χ4v) is 10.0. The van der Waals surface area contributed by atoms with Crippen LogP contribution in [0.1, 0.15) is 27.7 Å². The first-order valence-electron chi connectivity index (χ1n) is 9.97. The molecule has 3 rings (SSSR count). The molecular formula is C20H26F4N4P2. The van der Waals surface area contributed by atoms with Crippen molar-refractivity contribution in [2.75, 3.05) is 35.1 Å². The van der Waals surface area contributed by atoms with Crippen molar-refractivity contribution >= 4 is 28.1 Å². The summed E-state index contributed by atoms with van der Waals surface area (Å²) in [5, 5.41) is 0. The Morgan fingerprint density at radius 1 is 0.633 bits per heavy atom. The average molecular weight is 460 g/mol. The van der Waals surface area contributed by atoms with Crippen LogP contribution in [0, 0.1) is 23.3 Å². The van der Waals surface area contributed by atoms with Gasteiger partial charge in [0, 0.05) is 38.3 Å². The molecule has 0 amide bonds. The van der Waals surface area contributed by atoms with Crippen molar-refractivity contribution in [3.8, 4) is 0 Å². The Labute approximate surface area is 177 Å². The van der Waals surface area contributed by atoms with E-state index in [1.807, 2.05) is 36.6 Å². The van der Waals surface area contributed by atoms with Crippen molar-refractivity contribution in [2.45, 2.75) is 27.7 Å². The van der Waals surface area contributed by atoms with Crippen LogP contribution in [0.2, 0.25) is 0 Å². The Hall–Kier alpha value is -1.46. The molecule has 2 aromatic carbocycles. The second-order valence-electron chi connectivity index (χ2n) is 6.58. The zero-order valence-electron chi connectivity index (χ0n) is 17.5. The molecule has 0 bridgehead atoms. The monoisotopic (exact) mass is 460 g/mol. The summed E-state index contributed by atoms with van der Waals surface area (Å²) in [7, 11) is -2.63. The van der Waals surface area contributed by atoms with Crippen LogP contribution >= 0.6 is 16.7 Å². The number of halogens is 4. The summed E-state index contributed by atoms with van der Waals surface area (Å²) < 4.78 is 65.0. The third kappa shape index (κ3) is 4.16. The van der Waals surface area contributed by atoms with E-state index in [0.717, 1.165) is 12.1 Å². The summed E-state index contributed by atoms with van der Waals surface area (Å²) in [6, 6.07) is 7.13. The standard InChI is InChI=1S/C20H26F4N4P2/c1-5-25(6-2)29-27(19-11-9-15(21)13-17(19)23)30(26(7-3)8-4)28(29)20-12-10-16(22)14-18(20)24/h9-14H,5-8H2,1-4H3. The van der Waals surface area contributed by atoms with Gasteiger partial charge >= 0.3 is 0 Å². The molecule has 0 aromatic heterocycles. The SMILES string of the molecule is CCN(CC)P1N(c2ccc(F)cc2F)P(N(CC)CC)N1c1ccc(F)cc1F. The third-order valence-corrected chi connectivity index (χ3v) is 11.2. The molecule has 1 fully saturated rings. The lowest BCUT2D eigenvalue weighted by atomic mass is 10.3. The zero-order valence-corrected chi connectivity index (χ0v) is 19.3. The first-order chi connectivity index (χ1) is 14.4. The number of hydrogen-bond donors (Lipinski definition) is 0. The second kappa shape index (κ2) is 9.78. The predicted molar refractivity (Wildman–Crippen MR) is 117 cm³/mol. The fraction of sp³-hybridized carbons (Fsp3) is 0.400. The summed E-state index contributed by atoms with van der Waals surface area (Å²) in [6.07, 6.45) is 0. The van der Waals surface area contributed by atoms with Gasteiger partial charge in [0.1, 0.15) is 23.3 Å². The lowest BCUT2D eigenvalue weighted by Gasteiger charge is -2.62. The number of benzene rings is 2. The largest absolute Gasteiger partial charge is 0.266 e. The van der Waals surface area contributed by atoms with Gasteiger partial charge in [-0.05, 0) is 24.3 Å². The van der Waals surface area contributed by atoms with Gasteiger partial charge in [-0.1, -0.05) is 27.7 Å². The highest BCUT2D eigenvalue weighted by Crippen LogP contribution is 2.80. The van der Waals surface area contributed by atoms with Crippen molar-refractivity contribution in [3.05, 3.63) is 59.7 Å². The van der Waals surface area contributed by atoms with E-state index in [9.17, 15) is 17.6 Å². The van der Waals surface area contributed by atoms with Gasteiger partial charge in [0.05, 0.1) is 11.4 Å². The Balaban J connectivity index is 2.17. The van der Waals surface area contributed by atoms with Crippen LogP contribution in [-0.4, -0.2) is 35.5 Å². The van der Waals surface area contributed by atoms with Crippen molar-refractivity contribution in [1.82, 2.24) is 9.34 Å². The highest BCUT2D eigenvalue weighted by atomic mass is 31.3. The predicted octanol–water partition coefficient (Wildman–Crippen LogP) is 6.71. The topological polar surface area (TPSA) is 13.0 Å². The third-order valence-electron chi connectivity index (χ3n) is 4.89. The molecule has 2 aromatic rings. The fourth-order valence-electron chi connectivity index (χ4n) is 3.38. The number of nitrogens with zero attached hydrogens (tertiary/aromatic N) is 4. The summed E-state index contributed by atoms with van der Waals surface area (Å²) in [6.45, 7) is 10.6. The highest BCUT2D eigenvalue weighted by Gasteiger charge is 2.54. The van der Waals surface area contributed by atoms with Crippen molar-refractivity contribution in [3.63, 3.8) is 0 Å². The molecule has 4 nitrogen and oxygen atoms in total. The van der Waals surface area contributed by atoms with Crippen molar-refractivity contribution in [2.24, 2.45) is 0 Å². The summed E-state index contributed by atoms with van der Waals surface area (Å²) in [5.74, 6) is -2.57. The van der Waals surface area contributed by atoms with E-state index in [2.05, 4.69) is 9.34 Å². The van der Waals surface area contributed by atoms with Gasteiger partial charge in [-0.25, -0.2) is 26.9 Å². The average Bonchev–Trinajstić information content (AvgIpc) is 2.71. The van der Waals surface area contributed by atoms with E-state index < -0.39 is 40.0 Å². The highest BCUT2D eigenvalue weighted by molar-refractivity contribution is 7.93. The van der Waals surface area contributed by atoms with Crippen molar-refractivity contribution < 1.29 is 17.6 Å². The van der Waals surface area contributed by atoms with Gasteiger partial charge in [0.2, 0.25) is 0 Å². The van der Waals surface area contributed by atoms with E-state index in [1.165, 1.54) is 24.3 Å². The smallest absolute Gasteiger partial charge is 0.190 e. The minimum atomic E-state index is -1.31. The van der Waals surface area contributed by atoms with Crippen LogP contribution in [0.3, 0.4) is 0 Å². The van der Waals surface area contributed by atoms with Crippen LogP contribution in [0.5, 0.6) is 0 Å². The summed E-state index contributed by atoms with van der Waals surface area (Å²) in [4.78, 5) is 0. The van der Waals surface area contributed by atoms with E-state index in [0.29, 0.717) is 37.6 Å². The molecular weight excluding hydrogens is 434 g/mol. The molecule has 0 N–H and O–H groups in total. The quantitative estimate of drug-likeness (QED) is 0.321. The number of anilines is 2. The van der Waals surface area contributed by atoms with E-state index in [-0.39, 0.29) is 0 Å². The van der Waals surface area contributed by atoms with Gasteiger partial charge in [0.25, 0.3) is 0 Å². The molecule has 164 valence electrons. The molecule has 0 saturated carbocycles. The maximum absolute atomic E-state index is 14.8. The first-order valence-corrected chi connectivity index (χ1v) is 12.4. The molecule has 1 aliphatic rings. The Morgan fingerprint density at radius 2 is 0.967 bits per heavy atom. The molecule has 0 radical (unpaired) electrons.